The molecular formula is C12H15BrN4S. The molecule has 6 heteroatoms. The van der Waals surface area contributed by atoms with Gasteiger partial charge >= 0.3 is 0 Å². The fraction of sp³-hybridized carbons (Fsp3) is 0.417. The topological polar surface area (TPSA) is 64.7 Å². The average Bonchev–Trinajstić information content (AvgIpc) is 2.71. The lowest BCUT2D eigenvalue weighted by molar-refractivity contribution is 0.835. The summed E-state index contributed by atoms with van der Waals surface area (Å²) in [6.07, 6.45) is 2.58. The Bertz CT molecular complexity index is 553. The molecule has 96 valence electrons. The van der Waals surface area contributed by atoms with Crippen LogP contribution in [0, 0.1) is 6.92 Å². The van der Waals surface area contributed by atoms with Crippen LogP contribution in [0.25, 0.3) is 0 Å². The van der Waals surface area contributed by atoms with Crippen LogP contribution in [0.15, 0.2) is 9.85 Å². The average molecular weight is 327 g/mol. The van der Waals surface area contributed by atoms with Gasteiger partial charge in [-0.3, -0.25) is 0 Å². The molecule has 0 saturated carbocycles. The standard InChI is InChI=1S/C12H15BrN4S/c1-3-4-8-11(13)12(14)17-9(16-8)5-10-15-7(2)6-18-10/h6H,3-5H2,1-2H3,(H2,14,16,17). The first-order valence-electron chi connectivity index (χ1n) is 5.82. The van der Waals surface area contributed by atoms with Gasteiger partial charge < -0.3 is 5.73 Å². The molecule has 0 saturated heterocycles. The van der Waals surface area contributed by atoms with E-state index in [1.165, 1.54) is 0 Å². The van der Waals surface area contributed by atoms with E-state index in [4.69, 9.17) is 5.73 Å². The number of nitrogens with zero attached hydrogens (tertiary/aromatic N) is 3. The van der Waals surface area contributed by atoms with Gasteiger partial charge in [0.2, 0.25) is 0 Å². The van der Waals surface area contributed by atoms with Crippen molar-refractivity contribution >= 4 is 33.1 Å². The molecule has 0 bridgehead atoms. The van der Waals surface area contributed by atoms with Gasteiger partial charge in [0.1, 0.15) is 16.6 Å². The van der Waals surface area contributed by atoms with Crippen molar-refractivity contribution in [1.82, 2.24) is 15.0 Å². The summed E-state index contributed by atoms with van der Waals surface area (Å²) in [5.41, 5.74) is 7.91. The molecule has 0 aliphatic carbocycles. The molecule has 0 unspecified atom stereocenters. The molecule has 0 aromatic carbocycles. The van der Waals surface area contributed by atoms with E-state index in [1.54, 1.807) is 11.3 Å². The summed E-state index contributed by atoms with van der Waals surface area (Å²) in [4.78, 5) is 13.3. The summed E-state index contributed by atoms with van der Waals surface area (Å²) >= 11 is 5.07. The van der Waals surface area contributed by atoms with Crippen molar-refractivity contribution in [2.45, 2.75) is 33.1 Å². The molecule has 0 atom stereocenters. The lowest BCUT2D eigenvalue weighted by atomic mass is 10.2. The third-order valence-corrected chi connectivity index (χ3v) is 4.29. The van der Waals surface area contributed by atoms with Crippen molar-refractivity contribution in [3.8, 4) is 0 Å². The number of rotatable bonds is 4. The molecule has 0 aliphatic rings. The number of nitrogens with two attached hydrogens (primary N) is 1. The van der Waals surface area contributed by atoms with Gasteiger partial charge in [0, 0.05) is 11.1 Å². The number of hydrogen-bond donors (Lipinski definition) is 1. The van der Waals surface area contributed by atoms with Crippen LogP contribution in [0.1, 0.15) is 35.6 Å². The molecule has 0 aliphatic heterocycles. The van der Waals surface area contributed by atoms with Crippen LogP contribution in [0.4, 0.5) is 5.82 Å². The van der Waals surface area contributed by atoms with Crippen LogP contribution < -0.4 is 5.73 Å². The maximum atomic E-state index is 5.90. The minimum Gasteiger partial charge on any atom is -0.383 e. The number of nitrogen functional groups attached to an aromatic ring is 1. The van der Waals surface area contributed by atoms with Gasteiger partial charge in [-0.1, -0.05) is 13.3 Å². The van der Waals surface area contributed by atoms with Gasteiger partial charge in [0.15, 0.2) is 0 Å². The Labute approximate surface area is 119 Å². The summed E-state index contributed by atoms with van der Waals surface area (Å²) in [5, 5.41) is 3.06. The number of anilines is 1. The minimum atomic E-state index is 0.511. The second-order valence-corrected chi connectivity index (χ2v) is 5.83. The monoisotopic (exact) mass is 326 g/mol. The van der Waals surface area contributed by atoms with Crippen molar-refractivity contribution in [2.75, 3.05) is 5.73 Å². The third kappa shape index (κ3) is 3.05. The summed E-state index contributed by atoms with van der Waals surface area (Å²) in [7, 11) is 0. The normalized spacial score (nSPS) is 10.8. The molecule has 2 heterocycles. The molecule has 18 heavy (non-hydrogen) atoms. The molecule has 2 aromatic heterocycles. The molecule has 2 rings (SSSR count). The van der Waals surface area contributed by atoms with Gasteiger partial charge in [-0.15, -0.1) is 11.3 Å². The maximum Gasteiger partial charge on any atom is 0.141 e. The predicted molar refractivity (Wildman–Crippen MR) is 77.8 cm³/mol. The number of thiazole rings is 1. The van der Waals surface area contributed by atoms with Crippen LogP contribution >= 0.6 is 27.3 Å². The van der Waals surface area contributed by atoms with Crippen molar-refractivity contribution < 1.29 is 0 Å². The summed E-state index contributed by atoms with van der Waals surface area (Å²) in [5.74, 6) is 1.25. The SMILES string of the molecule is CCCc1nc(Cc2nc(C)cs2)nc(N)c1Br. The van der Waals surface area contributed by atoms with E-state index in [1.807, 2.05) is 12.3 Å². The summed E-state index contributed by atoms with van der Waals surface area (Å²) in [6.45, 7) is 4.11. The fourth-order valence-electron chi connectivity index (χ4n) is 1.67. The van der Waals surface area contributed by atoms with Crippen LogP contribution in [-0.2, 0) is 12.8 Å². The zero-order valence-electron chi connectivity index (χ0n) is 10.4. The van der Waals surface area contributed by atoms with E-state index < -0.39 is 0 Å². The Morgan fingerprint density at radius 3 is 2.72 bits per heavy atom. The number of aryl methyl sites for hydroxylation is 2. The van der Waals surface area contributed by atoms with Crippen molar-refractivity contribution in [1.29, 1.82) is 0 Å². The highest BCUT2D eigenvalue weighted by Crippen LogP contribution is 2.23. The Kier molecular flexibility index (Phi) is 4.29. The molecule has 2 aromatic rings. The van der Waals surface area contributed by atoms with Crippen LogP contribution in [-0.4, -0.2) is 15.0 Å². The first kappa shape index (κ1) is 13.4. The lowest BCUT2D eigenvalue weighted by Crippen LogP contribution is -2.06. The summed E-state index contributed by atoms with van der Waals surface area (Å²) < 4.78 is 0.823. The van der Waals surface area contributed by atoms with E-state index in [0.29, 0.717) is 12.2 Å². The predicted octanol–water partition coefficient (Wildman–Crippen LogP) is 3.13. The highest BCUT2D eigenvalue weighted by atomic mass is 79.9. The van der Waals surface area contributed by atoms with Crippen molar-refractivity contribution in [2.24, 2.45) is 0 Å². The van der Waals surface area contributed by atoms with E-state index >= 15 is 0 Å². The Morgan fingerprint density at radius 2 is 2.11 bits per heavy atom. The molecule has 0 fully saturated rings. The number of aromatic nitrogens is 3. The minimum absolute atomic E-state index is 0.511. The van der Waals surface area contributed by atoms with E-state index in [2.05, 4.69) is 37.8 Å². The van der Waals surface area contributed by atoms with Gasteiger partial charge in [-0.25, -0.2) is 15.0 Å². The van der Waals surface area contributed by atoms with E-state index in [-0.39, 0.29) is 0 Å². The molecule has 2 N–H and O–H groups in total. The second-order valence-electron chi connectivity index (χ2n) is 4.10. The van der Waals surface area contributed by atoms with E-state index in [0.717, 1.165) is 39.5 Å². The van der Waals surface area contributed by atoms with Crippen molar-refractivity contribution in [3.63, 3.8) is 0 Å². The van der Waals surface area contributed by atoms with Gasteiger partial charge in [-0.2, -0.15) is 0 Å². The zero-order valence-corrected chi connectivity index (χ0v) is 12.8. The van der Waals surface area contributed by atoms with Crippen LogP contribution in [0.5, 0.6) is 0 Å². The van der Waals surface area contributed by atoms with Gasteiger partial charge in [0.05, 0.1) is 16.6 Å². The highest BCUT2D eigenvalue weighted by Gasteiger charge is 2.11. The molecule has 4 nitrogen and oxygen atoms in total. The Hall–Kier alpha value is -1.01. The van der Waals surface area contributed by atoms with Crippen LogP contribution in [0.3, 0.4) is 0 Å². The van der Waals surface area contributed by atoms with Crippen LogP contribution in [0.2, 0.25) is 0 Å². The molecule has 0 radical (unpaired) electrons. The zero-order chi connectivity index (χ0) is 13.1. The lowest BCUT2D eigenvalue weighted by Gasteiger charge is -2.07. The summed E-state index contributed by atoms with van der Waals surface area (Å²) in [6, 6.07) is 0. The second kappa shape index (κ2) is 5.75. The highest BCUT2D eigenvalue weighted by molar-refractivity contribution is 9.10. The van der Waals surface area contributed by atoms with Gasteiger partial charge in [0.25, 0.3) is 0 Å². The first-order chi connectivity index (χ1) is 8.60. The quantitative estimate of drug-likeness (QED) is 0.937. The maximum absolute atomic E-state index is 5.90. The van der Waals surface area contributed by atoms with Gasteiger partial charge in [-0.05, 0) is 29.3 Å². The fourth-order valence-corrected chi connectivity index (χ4v) is 2.81. The molecule has 0 spiro atoms. The van der Waals surface area contributed by atoms with E-state index in [9.17, 15) is 0 Å². The Balaban J connectivity index is 2.28. The number of hydrogen-bond acceptors (Lipinski definition) is 5. The smallest absolute Gasteiger partial charge is 0.141 e. The first-order valence-corrected chi connectivity index (χ1v) is 7.49. The third-order valence-electron chi connectivity index (χ3n) is 2.45. The van der Waals surface area contributed by atoms with Crippen molar-refractivity contribution in [3.05, 3.63) is 32.1 Å². The Morgan fingerprint density at radius 1 is 1.33 bits per heavy atom. The largest absolute Gasteiger partial charge is 0.383 e. The number of halogens is 1. The molecular weight excluding hydrogens is 312 g/mol. The molecule has 0 amide bonds.